The highest BCUT2D eigenvalue weighted by atomic mass is 79.9. The number of hydrogen-bond acceptors (Lipinski definition) is 3. The Hall–Kier alpha value is -2.44. The molecule has 0 radical (unpaired) electrons. The quantitative estimate of drug-likeness (QED) is 0.462. The van der Waals surface area contributed by atoms with Crippen molar-refractivity contribution in [2.45, 2.75) is 20.4 Å². The summed E-state index contributed by atoms with van der Waals surface area (Å²) in [5.74, 6) is -0.0845. The second-order valence-corrected chi connectivity index (χ2v) is 8.36. The van der Waals surface area contributed by atoms with Gasteiger partial charge in [0.05, 0.1) is 5.69 Å². The van der Waals surface area contributed by atoms with E-state index in [2.05, 4.69) is 39.2 Å². The molecular weight excluding hydrogens is 422 g/mol. The minimum absolute atomic E-state index is 0.0845. The number of carbonyl (C=O) groups excluding carboxylic acids is 1. The fourth-order valence-corrected chi connectivity index (χ4v) is 4.87. The molecule has 1 aromatic carbocycles. The lowest BCUT2D eigenvalue weighted by atomic mass is 10.1. The molecule has 0 bridgehead atoms. The summed E-state index contributed by atoms with van der Waals surface area (Å²) in [5.41, 5.74) is 4.04. The Morgan fingerprint density at radius 1 is 1.19 bits per heavy atom. The summed E-state index contributed by atoms with van der Waals surface area (Å²) in [7, 11) is 0. The van der Waals surface area contributed by atoms with E-state index in [0.29, 0.717) is 11.4 Å². The molecule has 3 heterocycles. The van der Waals surface area contributed by atoms with E-state index in [-0.39, 0.29) is 5.91 Å². The third kappa shape index (κ3) is 3.55. The van der Waals surface area contributed by atoms with Gasteiger partial charge in [0.15, 0.2) is 0 Å². The molecule has 0 fully saturated rings. The first-order valence-electron chi connectivity index (χ1n) is 8.59. The number of aromatic nitrogens is 2. The molecule has 0 aliphatic carbocycles. The molecule has 0 aliphatic heterocycles. The van der Waals surface area contributed by atoms with E-state index >= 15 is 0 Å². The first kappa shape index (κ1) is 17.9. The molecule has 3 aromatic heterocycles. The van der Waals surface area contributed by atoms with Crippen LogP contribution in [0.25, 0.3) is 15.9 Å². The minimum atomic E-state index is -0.0845. The smallest absolute Gasteiger partial charge is 0.263 e. The lowest BCUT2D eigenvalue weighted by Crippen LogP contribution is -2.23. The van der Waals surface area contributed by atoms with Crippen LogP contribution in [-0.2, 0) is 6.54 Å². The number of hydrogen-bond donors (Lipinski definition) is 1. The van der Waals surface area contributed by atoms with Crippen molar-refractivity contribution in [1.82, 2.24) is 14.9 Å². The summed E-state index contributed by atoms with van der Waals surface area (Å²) >= 11 is 4.91. The monoisotopic (exact) mass is 439 g/mol. The Kier molecular flexibility index (Phi) is 4.85. The third-order valence-corrected chi connectivity index (χ3v) is 5.94. The predicted molar refractivity (Wildman–Crippen MR) is 114 cm³/mol. The Morgan fingerprint density at radius 3 is 2.70 bits per heavy atom. The van der Waals surface area contributed by atoms with Gasteiger partial charge in [-0.3, -0.25) is 4.79 Å². The van der Waals surface area contributed by atoms with Crippen LogP contribution in [-0.4, -0.2) is 15.5 Å². The van der Waals surface area contributed by atoms with Crippen molar-refractivity contribution < 1.29 is 4.79 Å². The molecular formula is C21H18BrN3OS. The van der Waals surface area contributed by atoms with E-state index in [1.807, 2.05) is 60.3 Å². The Morgan fingerprint density at radius 2 is 1.96 bits per heavy atom. The zero-order chi connectivity index (χ0) is 19.0. The lowest BCUT2D eigenvalue weighted by molar-refractivity contribution is 0.0955. The fraction of sp³-hybridized carbons (Fsp3) is 0.143. The van der Waals surface area contributed by atoms with Gasteiger partial charge in [-0.2, -0.15) is 0 Å². The summed E-state index contributed by atoms with van der Waals surface area (Å²) in [4.78, 5) is 19.3. The van der Waals surface area contributed by atoms with E-state index in [1.54, 1.807) is 0 Å². The van der Waals surface area contributed by atoms with Gasteiger partial charge in [-0.1, -0.05) is 28.1 Å². The Balaban J connectivity index is 1.75. The SMILES string of the molecule is Cc1cc(C)c2c(-n3cccc3)c(C(=O)NCc3cccc(Br)c3)sc2n1. The number of nitrogens with one attached hydrogen (secondary N) is 1. The normalized spacial score (nSPS) is 11.1. The molecule has 0 atom stereocenters. The zero-order valence-electron chi connectivity index (χ0n) is 15.0. The average Bonchev–Trinajstić information content (AvgIpc) is 3.26. The molecule has 1 N–H and O–H groups in total. The zero-order valence-corrected chi connectivity index (χ0v) is 17.4. The molecule has 4 rings (SSSR count). The van der Waals surface area contributed by atoms with E-state index in [9.17, 15) is 4.79 Å². The minimum Gasteiger partial charge on any atom is -0.347 e. The summed E-state index contributed by atoms with van der Waals surface area (Å²) < 4.78 is 3.00. The van der Waals surface area contributed by atoms with Gasteiger partial charge >= 0.3 is 0 Å². The topological polar surface area (TPSA) is 46.9 Å². The number of aryl methyl sites for hydroxylation is 2. The predicted octanol–water partition coefficient (Wildman–Crippen LogP) is 5.40. The van der Waals surface area contributed by atoms with E-state index in [1.165, 1.54) is 11.3 Å². The summed E-state index contributed by atoms with van der Waals surface area (Å²) in [6, 6.07) is 13.9. The van der Waals surface area contributed by atoms with Crippen LogP contribution in [0.15, 0.2) is 59.3 Å². The van der Waals surface area contributed by atoms with Gasteiger partial charge in [0.2, 0.25) is 0 Å². The number of benzene rings is 1. The number of fused-ring (bicyclic) bond motifs is 1. The fourth-order valence-electron chi connectivity index (χ4n) is 3.22. The first-order valence-corrected chi connectivity index (χ1v) is 10.2. The van der Waals surface area contributed by atoms with Gasteiger partial charge < -0.3 is 9.88 Å². The van der Waals surface area contributed by atoms with Crippen LogP contribution in [0.5, 0.6) is 0 Å². The van der Waals surface area contributed by atoms with Gasteiger partial charge in [-0.15, -0.1) is 11.3 Å². The largest absolute Gasteiger partial charge is 0.347 e. The number of pyridine rings is 1. The molecule has 0 spiro atoms. The van der Waals surface area contributed by atoms with E-state index in [0.717, 1.165) is 37.2 Å². The maximum atomic E-state index is 13.0. The maximum absolute atomic E-state index is 13.0. The second kappa shape index (κ2) is 7.29. The van der Waals surface area contributed by atoms with E-state index < -0.39 is 0 Å². The Labute approximate surface area is 170 Å². The molecule has 6 heteroatoms. The van der Waals surface area contributed by atoms with Gasteiger partial charge in [0.25, 0.3) is 5.91 Å². The van der Waals surface area contributed by atoms with Crippen molar-refractivity contribution in [3.8, 4) is 5.69 Å². The lowest BCUT2D eigenvalue weighted by Gasteiger charge is -2.09. The molecule has 0 aliphatic rings. The average molecular weight is 440 g/mol. The van der Waals surface area contributed by atoms with Crippen molar-refractivity contribution in [2.24, 2.45) is 0 Å². The van der Waals surface area contributed by atoms with Crippen molar-refractivity contribution in [2.75, 3.05) is 0 Å². The number of carbonyl (C=O) groups is 1. The van der Waals surface area contributed by atoms with Gasteiger partial charge in [-0.25, -0.2) is 4.98 Å². The van der Waals surface area contributed by atoms with Crippen LogP contribution in [0.1, 0.15) is 26.5 Å². The standard InChI is InChI=1S/C21H18BrN3OS/c1-13-10-14(2)24-21-17(13)18(25-8-3-4-9-25)19(27-21)20(26)23-12-15-6-5-7-16(22)11-15/h3-11H,12H2,1-2H3,(H,23,26). The highest BCUT2D eigenvalue weighted by Crippen LogP contribution is 2.35. The Bertz CT molecular complexity index is 1130. The molecule has 0 saturated carbocycles. The van der Waals surface area contributed by atoms with Crippen LogP contribution in [0, 0.1) is 13.8 Å². The second-order valence-electron chi connectivity index (χ2n) is 6.44. The first-order chi connectivity index (χ1) is 13.0. The van der Waals surface area contributed by atoms with Gasteiger partial charge in [0.1, 0.15) is 9.71 Å². The highest BCUT2D eigenvalue weighted by Gasteiger charge is 2.22. The number of rotatable bonds is 4. The van der Waals surface area contributed by atoms with Crippen molar-refractivity contribution in [3.63, 3.8) is 0 Å². The molecule has 4 aromatic rings. The van der Waals surface area contributed by atoms with E-state index in [4.69, 9.17) is 0 Å². The molecule has 0 saturated heterocycles. The van der Waals surface area contributed by atoms with Crippen molar-refractivity contribution >= 4 is 43.4 Å². The van der Waals surface area contributed by atoms with Gasteiger partial charge in [-0.05, 0) is 55.3 Å². The highest BCUT2D eigenvalue weighted by molar-refractivity contribution is 9.10. The molecule has 136 valence electrons. The van der Waals surface area contributed by atoms with Gasteiger partial charge in [0, 0.05) is 34.5 Å². The van der Waals surface area contributed by atoms with Crippen LogP contribution >= 0.6 is 27.3 Å². The van der Waals surface area contributed by atoms with Crippen molar-refractivity contribution in [1.29, 1.82) is 0 Å². The molecule has 27 heavy (non-hydrogen) atoms. The maximum Gasteiger partial charge on any atom is 0.263 e. The molecule has 0 unspecified atom stereocenters. The van der Waals surface area contributed by atoms with Crippen LogP contribution < -0.4 is 5.32 Å². The van der Waals surface area contributed by atoms with Crippen LogP contribution in [0.2, 0.25) is 0 Å². The number of thiophene rings is 1. The number of nitrogens with zero attached hydrogens (tertiary/aromatic N) is 2. The summed E-state index contributed by atoms with van der Waals surface area (Å²) in [5, 5.41) is 4.09. The number of halogens is 1. The van der Waals surface area contributed by atoms with Crippen molar-refractivity contribution in [3.05, 3.63) is 81.0 Å². The molecule has 1 amide bonds. The van der Waals surface area contributed by atoms with Crippen LogP contribution in [0.4, 0.5) is 0 Å². The summed E-state index contributed by atoms with van der Waals surface area (Å²) in [6.07, 6.45) is 3.93. The number of amides is 1. The van der Waals surface area contributed by atoms with Crippen LogP contribution in [0.3, 0.4) is 0 Å². The third-order valence-electron chi connectivity index (χ3n) is 4.37. The molecule has 4 nitrogen and oxygen atoms in total. The summed E-state index contributed by atoms with van der Waals surface area (Å²) in [6.45, 7) is 4.53.